The standard InChI is InChI=1S/C21H24BrFN6O2/c1-21(2,3)31-20(30)28-6-4-5-12(10-28)14-11-29(16-7-17(22)25-8-13(14)16)18-15(23)9-26-19(24)27-18/h7-9,11-12H,4-6,10H2,1-3H3,(H2,24,26,27). The number of likely N-dealkylation sites (tertiary alicyclic amines) is 1. The van der Waals surface area contributed by atoms with E-state index in [0.29, 0.717) is 17.7 Å². The minimum absolute atomic E-state index is 0.0123. The molecule has 1 saturated heterocycles. The molecule has 1 aliphatic heterocycles. The normalized spacial score (nSPS) is 17.2. The molecule has 4 heterocycles. The Morgan fingerprint density at radius 3 is 2.84 bits per heavy atom. The van der Waals surface area contributed by atoms with Gasteiger partial charge in [-0.15, -0.1) is 0 Å². The van der Waals surface area contributed by atoms with E-state index in [9.17, 15) is 9.18 Å². The Balaban J connectivity index is 1.74. The van der Waals surface area contributed by atoms with Gasteiger partial charge < -0.3 is 15.4 Å². The van der Waals surface area contributed by atoms with Crippen LogP contribution < -0.4 is 5.73 Å². The molecule has 10 heteroatoms. The number of halogens is 2. The van der Waals surface area contributed by atoms with Gasteiger partial charge in [0.2, 0.25) is 5.95 Å². The number of nitrogens with zero attached hydrogens (tertiary/aromatic N) is 5. The summed E-state index contributed by atoms with van der Waals surface area (Å²) in [5.74, 6) is -0.469. The lowest BCUT2D eigenvalue weighted by atomic mass is 9.91. The molecule has 8 nitrogen and oxygen atoms in total. The van der Waals surface area contributed by atoms with E-state index in [2.05, 4.69) is 30.9 Å². The topological polar surface area (TPSA) is 99.2 Å². The third kappa shape index (κ3) is 4.48. The first kappa shape index (κ1) is 21.5. The number of pyridine rings is 1. The van der Waals surface area contributed by atoms with Crippen LogP contribution in [0.5, 0.6) is 0 Å². The zero-order chi connectivity index (χ0) is 22.3. The van der Waals surface area contributed by atoms with E-state index >= 15 is 0 Å². The molecule has 3 aromatic rings. The van der Waals surface area contributed by atoms with Gasteiger partial charge in [-0.3, -0.25) is 4.57 Å². The largest absolute Gasteiger partial charge is 0.444 e. The summed E-state index contributed by atoms with van der Waals surface area (Å²) in [4.78, 5) is 26.5. The number of fused-ring (bicyclic) bond motifs is 1. The van der Waals surface area contributed by atoms with Crippen LogP contribution in [-0.2, 0) is 4.74 Å². The summed E-state index contributed by atoms with van der Waals surface area (Å²) in [7, 11) is 0. The number of nitrogens with two attached hydrogens (primary N) is 1. The number of carbonyl (C=O) groups excluding carboxylic acids is 1. The molecule has 31 heavy (non-hydrogen) atoms. The van der Waals surface area contributed by atoms with Gasteiger partial charge in [0.15, 0.2) is 11.6 Å². The number of ether oxygens (including phenoxy) is 1. The lowest BCUT2D eigenvalue weighted by molar-refractivity contribution is 0.0198. The van der Waals surface area contributed by atoms with Crippen LogP contribution in [0.15, 0.2) is 29.3 Å². The van der Waals surface area contributed by atoms with Crippen molar-refractivity contribution < 1.29 is 13.9 Å². The molecular formula is C21H24BrFN6O2. The first-order valence-electron chi connectivity index (χ1n) is 10.0. The van der Waals surface area contributed by atoms with E-state index in [1.807, 2.05) is 33.0 Å². The van der Waals surface area contributed by atoms with E-state index < -0.39 is 11.4 Å². The summed E-state index contributed by atoms with van der Waals surface area (Å²) in [5.41, 5.74) is 6.86. The molecule has 0 aliphatic carbocycles. The maximum Gasteiger partial charge on any atom is 0.410 e. The van der Waals surface area contributed by atoms with Crippen molar-refractivity contribution >= 4 is 38.9 Å². The van der Waals surface area contributed by atoms with Crippen LogP contribution in [0, 0.1) is 5.82 Å². The van der Waals surface area contributed by atoms with Crippen molar-refractivity contribution in [3.05, 3.63) is 40.6 Å². The van der Waals surface area contributed by atoms with Crippen molar-refractivity contribution in [2.24, 2.45) is 0 Å². The number of hydrogen-bond acceptors (Lipinski definition) is 6. The number of carbonyl (C=O) groups is 1. The Bertz CT molecular complexity index is 1140. The molecule has 4 rings (SSSR count). The van der Waals surface area contributed by atoms with Crippen LogP contribution in [0.4, 0.5) is 15.1 Å². The molecule has 0 saturated carbocycles. The summed E-state index contributed by atoms with van der Waals surface area (Å²) in [6.45, 7) is 6.71. The van der Waals surface area contributed by atoms with Gasteiger partial charge in [0.1, 0.15) is 10.2 Å². The molecule has 1 atom stereocenters. The van der Waals surface area contributed by atoms with Gasteiger partial charge in [0, 0.05) is 36.8 Å². The Morgan fingerprint density at radius 2 is 2.10 bits per heavy atom. The van der Waals surface area contributed by atoms with Crippen molar-refractivity contribution in [3.63, 3.8) is 0 Å². The van der Waals surface area contributed by atoms with Crippen LogP contribution >= 0.6 is 15.9 Å². The van der Waals surface area contributed by atoms with Gasteiger partial charge in [0.25, 0.3) is 0 Å². The van der Waals surface area contributed by atoms with E-state index in [-0.39, 0.29) is 23.8 Å². The minimum Gasteiger partial charge on any atom is -0.444 e. The highest BCUT2D eigenvalue weighted by molar-refractivity contribution is 9.10. The Morgan fingerprint density at radius 1 is 1.32 bits per heavy atom. The van der Waals surface area contributed by atoms with Gasteiger partial charge in [-0.25, -0.2) is 19.2 Å². The van der Waals surface area contributed by atoms with E-state index in [0.717, 1.165) is 35.5 Å². The number of aromatic nitrogens is 4. The molecule has 1 unspecified atom stereocenters. The number of amides is 1. The van der Waals surface area contributed by atoms with Gasteiger partial charge in [0.05, 0.1) is 11.7 Å². The van der Waals surface area contributed by atoms with Crippen LogP contribution in [0.2, 0.25) is 0 Å². The fraction of sp³-hybridized carbons (Fsp3) is 0.429. The molecule has 2 N–H and O–H groups in total. The summed E-state index contributed by atoms with van der Waals surface area (Å²) in [5, 5.41) is 0.871. The second kappa shape index (κ2) is 8.07. The second-order valence-corrected chi connectivity index (χ2v) is 9.46. The molecule has 0 radical (unpaired) electrons. The van der Waals surface area contributed by atoms with Gasteiger partial charge in [-0.05, 0) is 61.2 Å². The predicted octanol–water partition coefficient (Wildman–Crippen LogP) is 4.41. The molecule has 0 bridgehead atoms. The highest BCUT2D eigenvalue weighted by Gasteiger charge is 2.30. The molecule has 0 spiro atoms. The van der Waals surface area contributed by atoms with E-state index in [1.54, 1.807) is 15.7 Å². The third-order valence-electron chi connectivity index (χ3n) is 5.17. The van der Waals surface area contributed by atoms with Crippen LogP contribution in [0.1, 0.15) is 45.1 Å². The SMILES string of the molecule is CC(C)(C)OC(=O)N1CCCC(c2cn(-c3nc(N)ncc3F)c3cc(Br)ncc23)C1. The number of rotatable bonds is 2. The first-order chi connectivity index (χ1) is 14.6. The first-order valence-corrected chi connectivity index (χ1v) is 10.8. The third-order valence-corrected chi connectivity index (χ3v) is 5.61. The van der Waals surface area contributed by atoms with Crippen LogP contribution in [0.25, 0.3) is 16.7 Å². The van der Waals surface area contributed by atoms with Crippen molar-refractivity contribution in [1.82, 2.24) is 24.4 Å². The summed E-state index contributed by atoms with van der Waals surface area (Å²) < 4.78 is 22.4. The van der Waals surface area contributed by atoms with E-state index in [1.165, 1.54) is 0 Å². The zero-order valence-electron chi connectivity index (χ0n) is 17.6. The molecule has 1 amide bonds. The van der Waals surface area contributed by atoms with Crippen LogP contribution in [0.3, 0.4) is 0 Å². The maximum absolute atomic E-state index is 14.6. The lowest BCUT2D eigenvalue weighted by Crippen LogP contribution is -2.42. The van der Waals surface area contributed by atoms with Gasteiger partial charge in [-0.2, -0.15) is 4.98 Å². The second-order valence-electron chi connectivity index (χ2n) is 8.64. The average molecular weight is 491 g/mol. The minimum atomic E-state index is -0.579. The fourth-order valence-electron chi connectivity index (χ4n) is 3.88. The van der Waals surface area contributed by atoms with Gasteiger partial charge in [-0.1, -0.05) is 0 Å². The monoisotopic (exact) mass is 490 g/mol. The molecule has 1 aliphatic rings. The summed E-state index contributed by atoms with van der Waals surface area (Å²) in [6, 6.07) is 1.81. The zero-order valence-corrected chi connectivity index (χ0v) is 19.2. The molecule has 3 aromatic heterocycles. The maximum atomic E-state index is 14.6. The van der Waals surface area contributed by atoms with Crippen molar-refractivity contribution in [2.75, 3.05) is 18.8 Å². The average Bonchev–Trinajstić information content (AvgIpc) is 3.07. The quantitative estimate of drug-likeness (QED) is 0.533. The number of piperidine rings is 1. The highest BCUT2D eigenvalue weighted by Crippen LogP contribution is 2.36. The Labute approximate surface area is 187 Å². The number of nitrogen functional groups attached to an aromatic ring is 1. The lowest BCUT2D eigenvalue weighted by Gasteiger charge is -2.34. The molecular weight excluding hydrogens is 467 g/mol. The molecule has 164 valence electrons. The summed E-state index contributed by atoms with van der Waals surface area (Å²) >= 11 is 3.39. The van der Waals surface area contributed by atoms with Crippen molar-refractivity contribution in [1.29, 1.82) is 0 Å². The number of anilines is 1. The van der Waals surface area contributed by atoms with Crippen LogP contribution in [-0.4, -0.2) is 49.2 Å². The Kier molecular flexibility index (Phi) is 5.59. The smallest absolute Gasteiger partial charge is 0.410 e. The van der Waals surface area contributed by atoms with Crippen molar-refractivity contribution in [2.45, 2.75) is 45.1 Å². The van der Waals surface area contributed by atoms with Gasteiger partial charge >= 0.3 is 6.09 Å². The predicted molar refractivity (Wildman–Crippen MR) is 119 cm³/mol. The number of hydrogen-bond donors (Lipinski definition) is 1. The van der Waals surface area contributed by atoms with Crippen molar-refractivity contribution in [3.8, 4) is 5.82 Å². The highest BCUT2D eigenvalue weighted by atomic mass is 79.9. The molecule has 0 aromatic carbocycles. The Hall–Kier alpha value is -2.75. The summed E-state index contributed by atoms with van der Waals surface area (Å²) in [6.07, 6.45) is 6.08. The fourth-order valence-corrected chi connectivity index (χ4v) is 4.20. The van der Waals surface area contributed by atoms with E-state index in [4.69, 9.17) is 10.5 Å². The molecule has 1 fully saturated rings.